The molecule has 0 radical (unpaired) electrons. The van der Waals surface area contributed by atoms with Gasteiger partial charge in [-0.05, 0) is 77.4 Å². The molecule has 1 fully saturated rings. The number of aryl methyl sites for hydroxylation is 1. The number of ether oxygens (including phenoxy) is 2. The Hall–Kier alpha value is -3.27. The predicted molar refractivity (Wildman–Crippen MR) is 144 cm³/mol. The first-order valence-corrected chi connectivity index (χ1v) is 12.7. The van der Waals surface area contributed by atoms with Crippen molar-refractivity contribution in [1.29, 1.82) is 0 Å². The Morgan fingerprint density at radius 2 is 1.79 bits per heavy atom. The van der Waals surface area contributed by atoms with Crippen molar-refractivity contribution in [2.24, 2.45) is 5.41 Å². The third kappa shape index (κ3) is 6.23. The molecule has 1 atom stereocenters. The Kier molecular flexibility index (Phi) is 7.65. The summed E-state index contributed by atoms with van der Waals surface area (Å²) in [6.45, 7) is 9.38. The Labute approximate surface area is 221 Å². The van der Waals surface area contributed by atoms with Crippen LogP contribution in [-0.2, 0) is 6.18 Å². The number of rotatable bonds is 10. The lowest BCUT2D eigenvalue weighted by Crippen LogP contribution is -2.35. The van der Waals surface area contributed by atoms with Crippen molar-refractivity contribution in [2.45, 2.75) is 58.8 Å². The molecule has 1 aromatic heterocycles. The molecule has 3 N–H and O–H groups in total. The summed E-state index contributed by atoms with van der Waals surface area (Å²) in [7, 11) is 3.71. The summed E-state index contributed by atoms with van der Waals surface area (Å²) in [6.07, 6.45) is -2.28. The molecule has 7 nitrogen and oxygen atoms in total. The molecule has 10 heteroatoms. The van der Waals surface area contributed by atoms with Crippen LogP contribution >= 0.6 is 0 Å². The zero-order chi connectivity index (χ0) is 27.8. The lowest BCUT2D eigenvalue weighted by molar-refractivity contribution is -0.137. The molecule has 0 unspecified atom stereocenters. The van der Waals surface area contributed by atoms with E-state index in [1.807, 2.05) is 6.07 Å². The van der Waals surface area contributed by atoms with Crippen LogP contribution in [0.4, 0.5) is 24.7 Å². The van der Waals surface area contributed by atoms with E-state index < -0.39 is 17.8 Å². The Balaban J connectivity index is 1.63. The van der Waals surface area contributed by atoms with E-state index in [2.05, 4.69) is 41.1 Å². The summed E-state index contributed by atoms with van der Waals surface area (Å²) in [5.41, 5.74) is 6.20. The highest BCUT2D eigenvalue weighted by Gasteiger charge is 2.44. The minimum Gasteiger partial charge on any atom is -0.493 e. The molecule has 206 valence electrons. The van der Waals surface area contributed by atoms with E-state index in [4.69, 9.17) is 15.2 Å². The lowest BCUT2D eigenvalue weighted by Gasteiger charge is -2.27. The summed E-state index contributed by atoms with van der Waals surface area (Å²) in [5.74, 6) is 2.14. The van der Waals surface area contributed by atoms with E-state index in [0.717, 1.165) is 31.5 Å². The summed E-state index contributed by atoms with van der Waals surface area (Å²) in [4.78, 5) is 11.4. The average Bonchev–Trinajstić information content (AvgIpc) is 3.60. The summed E-state index contributed by atoms with van der Waals surface area (Å²) in [5, 5.41) is 3.94. The molecule has 0 saturated heterocycles. The van der Waals surface area contributed by atoms with Crippen LogP contribution in [0.3, 0.4) is 0 Å². The fraction of sp³-hybridized carbons (Fsp3) is 0.500. The lowest BCUT2D eigenvalue weighted by atomic mass is 10.0. The second-order valence-electron chi connectivity index (χ2n) is 10.7. The first-order chi connectivity index (χ1) is 17.8. The molecule has 0 bridgehead atoms. The van der Waals surface area contributed by atoms with Gasteiger partial charge < -0.3 is 25.4 Å². The smallest absolute Gasteiger partial charge is 0.416 e. The molecule has 1 aliphatic carbocycles. The number of nitrogens with two attached hydrogens (primary N) is 1. The summed E-state index contributed by atoms with van der Waals surface area (Å²) < 4.78 is 52.0. The third-order valence-corrected chi connectivity index (χ3v) is 7.21. The molecule has 0 spiro atoms. The van der Waals surface area contributed by atoms with Crippen molar-refractivity contribution in [2.75, 3.05) is 38.4 Å². The van der Waals surface area contributed by atoms with Crippen LogP contribution in [0.5, 0.6) is 11.5 Å². The van der Waals surface area contributed by atoms with Gasteiger partial charge in [0.2, 0.25) is 0 Å². The Bertz CT molecular complexity index is 1310. The number of nitrogens with zero attached hydrogens (tertiary/aromatic N) is 3. The van der Waals surface area contributed by atoms with Crippen molar-refractivity contribution in [1.82, 2.24) is 14.9 Å². The minimum absolute atomic E-state index is 0.0461. The van der Waals surface area contributed by atoms with Gasteiger partial charge in [0.1, 0.15) is 11.6 Å². The molecule has 4 rings (SSSR count). The number of hydrogen-bond donors (Lipinski definition) is 2. The topological polar surface area (TPSA) is 85.5 Å². The molecule has 38 heavy (non-hydrogen) atoms. The Morgan fingerprint density at radius 3 is 2.39 bits per heavy atom. The maximum atomic E-state index is 13.4. The van der Waals surface area contributed by atoms with Gasteiger partial charge in [-0.25, -0.2) is 9.97 Å². The normalized spacial score (nSPS) is 15.7. The SMILES string of the molecule is COc1cc2nc(C)nc(N[C@H](C)c3cc(N)cc(C(F)(F)F)c3)c2cc1OCC1(CN(C)C(C)C)CC1. The van der Waals surface area contributed by atoms with Gasteiger partial charge in [-0.3, -0.25) is 0 Å². The van der Waals surface area contributed by atoms with Gasteiger partial charge in [0, 0.05) is 35.1 Å². The van der Waals surface area contributed by atoms with E-state index in [1.165, 1.54) is 6.07 Å². The third-order valence-electron chi connectivity index (χ3n) is 7.21. The highest BCUT2D eigenvalue weighted by Crippen LogP contribution is 2.47. The molecule has 1 aliphatic rings. The number of anilines is 2. The monoisotopic (exact) mass is 531 g/mol. The standard InChI is InChI=1S/C28H36F3N5O2/c1-16(2)36(5)14-27(7-8-27)15-38-25-12-22-23(13-24(25)37-6)34-18(4)35-26(22)33-17(3)19-9-20(28(29,30)31)11-21(32)10-19/h9-13,16-17H,7-8,14-15,32H2,1-6H3,(H,33,34,35)/t17-/m1/s1. The van der Waals surface area contributed by atoms with Gasteiger partial charge in [-0.1, -0.05) is 0 Å². The van der Waals surface area contributed by atoms with E-state index >= 15 is 0 Å². The first kappa shape index (κ1) is 27.8. The second kappa shape index (κ2) is 10.5. The molecule has 3 aromatic rings. The van der Waals surface area contributed by atoms with Crippen LogP contribution in [0.15, 0.2) is 30.3 Å². The van der Waals surface area contributed by atoms with E-state index in [1.54, 1.807) is 27.0 Å². The van der Waals surface area contributed by atoms with Crippen molar-refractivity contribution in [3.8, 4) is 11.5 Å². The van der Waals surface area contributed by atoms with Gasteiger partial charge in [0.15, 0.2) is 11.5 Å². The van der Waals surface area contributed by atoms with E-state index in [-0.39, 0.29) is 11.1 Å². The van der Waals surface area contributed by atoms with Crippen LogP contribution < -0.4 is 20.5 Å². The van der Waals surface area contributed by atoms with Crippen LogP contribution in [0.1, 0.15) is 56.6 Å². The maximum Gasteiger partial charge on any atom is 0.416 e. The van der Waals surface area contributed by atoms with Gasteiger partial charge in [-0.2, -0.15) is 13.2 Å². The number of benzene rings is 2. The van der Waals surface area contributed by atoms with Crippen molar-refractivity contribution < 1.29 is 22.6 Å². The van der Waals surface area contributed by atoms with Gasteiger partial charge >= 0.3 is 6.18 Å². The maximum absolute atomic E-state index is 13.4. The quantitative estimate of drug-likeness (QED) is 0.301. The zero-order valence-corrected chi connectivity index (χ0v) is 22.7. The van der Waals surface area contributed by atoms with Crippen molar-refractivity contribution >= 4 is 22.4 Å². The van der Waals surface area contributed by atoms with E-state index in [0.29, 0.717) is 52.3 Å². The highest BCUT2D eigenvalue weighted by molar-refractivity contribution is 5.92. The van der Waals surface area contributed by atoms with Crippen LogP contribution in [-0.4, -0.2) is 48.2 Å². The molecular weight excluding hydrogens is 495 g/mol. The van der Waals surface area contributed by atoms with Gasteiger partial charge in [0.25, 0.3) is 0 Å². The molecular formula is C28H36F3N5O2. The summed E-state index contributed by atoms with van der Waals surface area (Å²) in [6, 6.07) is 7.15. The number of nitrogens with one attached hydrogen (secondary N) is 1. The van der Waals surface area contributed by atoms with Crippen LogP contribution in [0.2, 0.25) is 0 Å². The Morgan fingerprint density at radius 1 is 1.08 bits per heavy atom. The summed E-state index contributed by atoms with van der Waals surface area (Å²) >= 11 is 0. The number of halogens is 3. The fourth-order valence-electron chi connectivity index (χ4n) is 4.48. The van der Waals surface area contributed by atoms with Gasteiger partial charge in [0.05, 0.1) is 30.8 Å². The number of aromatic nitrogens is 2. The van der Waals surface area contributed by atoms with Gasteiger partial charge in [-0.15, -0.1) is 0 Å². The molecule has 0 amide bonds. The molecule has 1 heterocycles. The number of hydrogen-bond acceptors (Lipinski definition) is 7. The highest BCUT2D eigenvalue weighted by atomic mass is 19.4. The minimum atomic E-state index is -4.49. The predicted octanol–water partition coefficient (Wildman–Crippen LogP) is 6.22. The molecule has 0 aliphatic heterocycles. The second-order valence-corrected chi connectivity index (χ2v) is 10.7. The number of methoxy groups -OCH3 is 1. The molecule has 2 aromatic carbocycles. The number of nitrogen functional groups attached to an aromatic ring is 1. The fourth-order valence-corrected chi connectivity index (χ4v) is 4.48. The van der Waals surface area contributed by atoms with Crippen LogP contribution in [0.25, 0.3) is 10.9 Å². The number of fused-ring (bicyclic) bond motifs is 1. The van der Waals surface area contributed by atoms with Crippen molar-refractivity contribution in [3.05, 3.63) is 47.3 Å². The largest absolute Gasteiger partial charge is 0.493 e. The van der Waals surface area contributed by atoms with Crippen molar-refractivity contribution in [3.63, 3.8) is 0 Å². The van der Waals surface area contributed by atoms with E-state index in [9.17, 15) is 13.2 Å². The zero-order valence-electron chi connectivity index (χ0n) is 22.7. The van der Waals surface area contributed by atoms with Crippen LogP contribution in [0, 0.1) is 12.3 Å². The molecule has 1 saturated carbocycles. The number of alkyl halides is 3. The average molecular weight is 532 g/mol. The first-order valence-electron chi connectivity index (χ1n) is 12.7.